The fourth-order valence-electron chi connectivity index (χ4n) is 6.55. The molecular weight excluding hydrogens is 572 g/mol. The third-order valence-corrected chi connectivity index (χ3v) is 9.42. The Balaban J connectivity index is 1.37. The summed E-state index contributed by atoms with van der Waals surface area (Å²) in [5, 5.41) is 10.4. The van der Waals surface area contributed by atoms with Gasteiger partial charge in [-0.25, -0.2) is 0 Å². The fraction of sp³-hybridized carbons (Fsp3) is 0.571. The van der Waals surface area contributed by atoms with E-state index >= 15 is 0 Å². The second kappa shape index (κ2) is 10.6. The van der Waals surface area contributed by atoms with E-state index in [-0.39, 0.29) is 23.8 Å². The number of nitrogens with zero attached hydrogens (tertiary/aromatic N) is 2. The van der Waals surface area contributed by atoms with Crippen LogP contribution in [0.4, 0.5) is 0 Å². The average molecular weight is 606 g/mol. The largest absolute Gasteiger partial charge is 0.390 e. The highest BCUT2D eigenvalue weighted by Gasteiger charge is 2.39. The molecule has 0 radical (unpaired) electrons. The number of ether oxygens (including phenoxy) is 1. The molecule has 5 rings (SSSR count). The molecule has 0 spiro atoms. The van der Waals surface area contributed by atoms with E-state index in [9.17, 15) is 9.90 Å². The minimum atomic E-state index is -0.551. The van der Waals surface area contributed by atoms with Crippen LogP contribution in [-0.4, -0.2) is 53.3 Å². The van der Waals surface area contributed by atoms with E-state index < -0.39 is 6.10 Å². The SMILES string of the molecule is COC1CCC(C(=O)N2CCC([C@H]3c4ncc(Br)cc4CCc4cc(C)cc(Br)c43)CC2)CC1O. The molecular formula is C28H34Br2N2O3. The summed E-state index contributed by atoms with van der Waals surface area (Å²) in [4.78, 5) is 20.3. The molecule has 1 saturated heterocycles. The molecule has 1 N–H and O–H groups in total. The number of amides is 1. The number of pyridine rings is 1. The van der Waals surface area contributed by atoms with Gasteiger partial charge < -0.3 is 14.7 Å². The van der Waals surface area contributed by atoms with Crippen molar-refractivity contribution in [3.05, 3.63) is 61.3 Å². The summed E-state index contributed by atoms with van der Waals surface area (Å²) in [6, 6.07) is 6.81. The maximum absolute atomic E-state index is 13.3. The number of aromatic nitrogens is 1. The van der Waals surface area contributed by atoms with Crippen molar-refractivity contribution in [2.24, 2.45) is 11.8 Å². The number of hydrogen-bond donors (Lipinski definition) is 1. The van der Waals surface area contributed by atoms with Crippen molar-refractivity contribution < 1.29 is 14.6 Å². The highest BCUT2D eigenvalue weighted by Crippen LogP contribution is 2.46. The number of rotatable bonds is 3. The highest BCUT2D eigenvalue weighted by molar-refractivity contribution is 9.10. The number of aryl methyl sites for hydroxylation is 3. The van der Waals surface area contributed by atoms with Crippen molar-refractivity contribution in [1.29, 1.82) is 0 Å². The predicted molar refractivity (Wildman–Crippen MR) is 144 cm³/mol. The molecule has 1 aromatic carbocycles. The zero-order valence-electron chi connectivity index (χ0n) is 20.5. The van der Waals surface area contributed by atoms with Gasteiger partial charge in [0.05, 0.1) is 17.9 Å². The van der Waals surface area contributed by atoms with Gasteiger partial charge in [-0.1, -0.05) is 22.0 Å². The average Bonchev–Trinajstić information content (AvgIpc) is 3.00. The minimum Gasteiger partial charge on any atom is -0.390 e. The number of likely N-dealkylation sites (tertiary alicyclic amines) is 1. The standard InChI is InChI=1S/C28H34Br2N2O3/c1-16-11-18-3-4-19-13-21(29)15-31-27(19)26(25(18)22(30)12-16)17-7-9-32(10-8-17)28(34)20-5-6-24(35-2)23(33)14-20/h11-13,15,17,20,23-24,26,33H,3-10,14H2,1-2H3/t20?,23?,24?,26-/m1/s1. The van der Waals surface area contributed by atoms with Crippen LogP contribution < -0.4 is 0 Å². The van der Waals surface area contributed by atoms with Crippen LogP contribution in [0.5, 0.6) is 0 Å². The third-order valence-electron chi connectivity index (χ3n) is 8.33. The van der Waals surface area contributed by atoms with Gasteiger partial charge in [-0.15, -0.1) is 0 Å². The number of halogens is 2. The van der Waals surface area contributed by atoms with Crippen LogP contribution in [0.1, 0.15) is 66.0 Å². The Bertz CT molecular complexity index is 1100. The molecule has 3 aliphatic rings. The van der Waals surface area contributed by atoms with Crippen LogP contribution in [0.3, 0.4) is 0 Å². The first-order valence-electron chi connectivity index (χ1n) is 12.8. The molecule has 4 atom stereocenters. The lowest BCUT2D eigenvalue weighted by molar-refractivity contribution is -0.142. The molecule has 188 valence electrons. The molecule has 0 bridgehead atoms. The number of piperidine rings is 1. The third kappa shape index (κ3) is 5.11. The van der Waals surface area contributed by atoms with Gasteiger partial charge in [-0.3, -0.25) is 9.78 Å². The number of fused-ring (bicyclic) bond motifs is 2. The Labute approximate surface area is 224 Å². The number of aliphatic hydroxyl groups is 1. The van der Waals surface area contributed by atoms with Crippen molar-refractivity contribution in [3.63, 3.8) is 0 Å². The first kappa shape index (κ1) is 25.4. The lowest BCUT2D eigenvalue weighted by Gasteiger charge is -2.40. The molecule has 1 aromatic heterocycles. The Kier molecular flexibility index (Phi) is 7.69. The number of methoxy groups -OCH3 is 1. The van der Waals surface area contributed by atoms with Crippen molar-refractivity contribution >= 4 is 37.8 Å². The van der Waals surface area contributed by atoms with Gasteiger partial charge in [-0.05, 0) is 108 Å². The Morgan fingerprint density at radius 1 is 1.09 bits per heavy atom. The van der Waals surface area contributed by atoms with Crippen molar-refractivity contribution in [2.45, 2.75) is 70.0 Å². The van der Waals surface area contributed by atoms with E-state index in [4.69, 9.17) is 9.72 Å². The summed E-state index contributed by atoms with van der Waals surface area (Å²) in [5.74, 6) is 0.764. The van der Waals surface area contributed by atoms with Gasteiger partial charge >= 0.3 is 0 Å². The first-order valence-corrected chi connectivity index (χ1v) is 14.4. The molecule has 2 aliphatic carbocycles. The lowest BCUT2D eigenvalue weighted by atomic mass is 9.76. The highest BCUT2D eigenvalue weighted by atomic mass is 79.9. The Hall–Kier alpha value is -1.28. The van der Waals surface area contributed by atoms with E-state index in [1.165, 1.54) is 32.4 Å². The van der Waals surface area contributed by atoms with Crippen LogP contribution in [0.15, 0.2) is 33.3 Å². The lowest BCUT2D eigenvalue weighted by Crippen LogP contribution is -2.46. The number of benzene rings is 1. The summed E-state index contributed by atoms with van der Waals surface area (Å²) < 4.78 is 7.57. The van der Waals surface area contributed by atoms with Crippen LogP contribution in [0.25, 0.3) is 0 Å². The van der Waals surface area contributed by atoms with Gasteiger partial charge in [0.1, 0.15) is 0 Å². The molecule has 2 fully saturated rings. The molecule has 2 heterocycles. The summed E-state index contributed by atoms with van der Waals surface area (Å²) in [5.41, 5.74) is 6.60. The molecule has 1 aliphatic heterocycles. The topological polar surface area (TPSA) is 62.7 Å². The summed E-state index contributed by atoms with van der Waals surface area (Å²) in [7, 11) is 1.64. The Morgan fingerprint density at radius 3 is 2.54 bits per heavy atom. The van der Waals surface area contributed by atoms with E-state index in [0.717, 1.165) is 56.1 Å². The second-order valence-electron chi connectivity index (χ2n) is 10.5. The van der Waals surface area contributed by atoms with Gasteiger partial charge in [0.15, 0.2) is 0 Å². The zero-order valence-corrected chi connectivity index (χ0v) is 23.6. The van der Waals surface area contributed by atoms with E-state index in [1.807, 2.05) is 11.1 Å². The molecule has 5 nitrogen and oxygen atoms in total. The fourth-order valence-corrected chi connectivity index (χ4v) is 7.79. The number of hydrogen-bond acceptors (Lipinski definition) is 4. The smallest absolute Gasteiger partial charge is 0.225 e. The van der Waals surface area contributed by atoms with Crippen LogP contribution in [0, 0.1) is 18.8 Å². The summed E-state index contributed by atoms with van der Waals surface area (Å²) in [6.45, 7) is 3.70. The normalized spacial score (nSPS) is 27.2. The van der Waals surface area contributed by atoms with Gasteiger partial charge in [0.2, 0.25) is 5.91 Å². The maximum atomic E-state index is 13.3. The van der Waals surface area contributed by atoms with Crippen molar-refractivity contribution in [3.8, 4) is 0 Å². The Morgan fingerprint density at radius 2 is 1.83 bits per heavy atom. The molecule has 1 saturated carbocycles. The van der Waals surface area contributed by atoms with E-state index in [1.54, 1.807) is 7.11 Å². The van der Waals surface area contributed by atoms with Crippen LogP contribution in [0.2, 0.25) is 0 Å². The van der Waals surface area contributed by atoms with Gasteiger partial charge in [0, 0.05) is 47.2 Å². The number of carbonyl (C=O) groups is 1. The monoisotopic (exact) mass is 604 g/mol. The van der Waals surface area contributed by atoms with Gasteiger partial charge in [-0.2, -0.15) is 0 Å². The molecule has 7 heteroatoms. The second-order valence-corrected chi connectivity index (χ2v) is 12.3. The molecule has 2 aromatic rings. The van der Waals surface area contributed by atoms with Crippen LogP contribution >= 0.6 is 31.9 Å². The predicted octanol–water partition coefficient (Wildman–Crippen LogP) is 5.56. The quantitative estimate of drug-likeness (QED) is 0.498. The van der Waals surface area contributed by atoms with Gasteiger partial charge in [0.25, 0.3) is 0 Å². The first-order chi connectivity index (χ1) is 16.9. The summed E-state index contributed by atoms with van der Waals surface area (Å²) in [6.07, 6.45) is 7.21. The number of aliphatic hydroxyl groups excluding tert-OH is 1. The van der Waals surface area contributed by atoms with Crippen LogP contribution in [-0.2, 0) is 22.4 Å². The van der Waals surface area contributed by atoms with E-state index in [0.29, 0.717) is 12.3 Å². The zero-order chi connectivity index (χ0) is 24.7. The molecule has 1 amide bonds. The number of carbonyl (C=O) groups excluding carboxylic acids is 1. The van der Waals surface area contributed by atoms with Crippen molar-refractivity contribution in [1.82, 2.24) is 9.88 Å². The molecule has 3 unspecified atom stereocenters. The minimum absolute atomic E-state index is 0.0941. The molecule has 35 heavy (non-hydrogen) atoms. The van der Waals surface area contributed by atoms with E-state index in [2.05, 4.69) is 57.0 Å². The summed E-state index contributed by atoms with van der Waals surface area (Å²) >= 11 is 7.53. The maximum Gasteiger partial charge on any atom is 0.225 e. The van der Waals surface area contributed by atoms with Crippen molar-refractivity contribution in [2.75, 3.05) is 20.2 Å².